The summed E-state index contributed by atoms with van der Waals surface area (Å²) in [6, 6.07) is 3.62. The fourth-order valence-corrected chi connectivity index (χ4v) is 0.970. The SMILES string of the molecule is CC(C)(C)NC(=O)OCc1ccncc1. The molecule has 4 heteroatoms. The largest absolute Gasteiger partial charge is 0.445 e. The molecule has 0 unspecified atom stereocenters. The van der Waals surface area contributed by atoms with Crippen molar-refractivity contribution in [1.82, 2.24) is 10.3 Å². The molecule has 0 radical (unpaired) electrons. The molecule has 0 atom stereocenters. The Morgan fingerprint density at radius 2 is 2.00 bits per heavy atom. The summed E-state index contributed by atoms with van der Waals surface area (Å²) in [5, 5.41) is 2.71. The molecule has 0 saturated heterocycles. The van der Waals surface area contributed by atoms with Gasteiger partial charge in [-0.05, 0) is 38.5 Å². The standard InChI is InChI=1S/C11H16N2O2/c1-11(2,3)13-10(14)15-8-9-4-6-12-7-5-9/h4-7H,8H2,1-3H3,(H,13,14). The van der Waals surface area contributed by atoms with Crippen LogP contribution in [-0.2, 0) is 11.3 Å². The number of nitrogens with one attached hydrogen (secondary N) is 1. The first-order valence-corrected chi connectivity index (χ1v) is 4.81. The second-order valence-corrected chi connectivity index (χ2v) is 4.31. The predicted molar refractivity (Wildman–Crippen MR) is 57.3 cm³/mol. The number of amides is 1. The molecule has 0 spiro atoms. The average molecular weight is 208 g/mol. The van der Waals surface area contributed by atoms with Gasteiger partial charge in [0.05, 0.1) is 0 Å². The molecular weight excluding hydrogens is 192 g/mol. The van der Waals surface area contributed by atoms with Crippen molar-refractivity contribution in [2.24, 2.45) is 0 Å². The molecule has 82 valence electrons. The number of nitrogens with zero attached hydrogens (tertiary/aromatic N) is 1. The minimum absolute atomic E-state index is 0.268. The third-order valence-electron chi connectivity index (χ3n) is 1.60. The molecule has 0 aliphatic carbocycles. The molecule has 4 nitrogen and oxygen atoms in total. The summed E-state index contributed by atoms with van der Waals surface area (Å²) in [5.41, 5.74) is 0.657. The second kappa shape index (κ2) is 4.77. The van der Waals surface area contributed by atoms with Gasteiger partial charge < -0.3 is 10.1 Å². The van der Waals surface area contributed by atoms with Crippen LogP contribution in [0.2, 0.25) is 0 Å². The van der Waals surface area contributed by atoms with E-state index in [1.54, 1.807) is 12.4 Å². The van der Waals surface area contributed by atoms with Crippen LogP contribution in [0.1, 0.15) is 26.3 Å². The monoisotopic (exact) mass is 208 g/mol. The van der Waals surface area contributed by atoms with Crippen LogP contribution in [0.4, 0.5) is 4.79 Å². The summed E-state index contributed by atoms with van der Waals surface area (Å²) in [7, 11) is 0. The first-order valence-electron chi connectivity index (χ1n) is 4.81. The van der Waals surface area contributed by atoms with E-state index < -0.39 is 6.09 Å². The maximum atomic E-state index is 11.3. The summed E-state index contributed by atoms with van der Waals surface area (Å²) in [4.78, 5) is 15.2. The fraction of sp³-hybridized carbons (Fsp3) is 0.455. The first-order chi connectivity index (χ1) is 6.97. The van der Waals surface area contributed by atoms with E-state index in [4.69, 9.17) is 4.74 Å². The van der Waals surface area contributed by atoms with Crippen LogP contribution in [0.5, 0.6) is 0 Å². The van der Waals surface area contributed by atoms with Gasteiger partial charge in [-0.2, -0.15) is 0 Å². The Bertz CT molecular complexity index is 317. The van der Waals surface area contributed by atoms with Crippen LogP contribution in [-0.4, -0.2) is 16.6 Å². The van der Waals surface area contributed by atoms with E-state index >= 15 is 0 Å². The number of rotatable bonds is 2. The zero-order valence-corrected chi connectivity index (χ0v) is 9.28. The van der Waals surface area contributed by atoms with Gasteiger partial charge in [0.25, 0.3) is 0 Å². The number of ether oxygens (including phenoxy) is 1. The molecule has 1 heterocycles. The quantitative estimate of drug-likeness (QED) is 0.809. The lowest BCUT2D eigenvalue weighted by molar-refractivity contribution is 0.131. The Morgan fingerprint density at radius 3 is 2.53 bits per heavy atom. The first kappa shape index (κ1) is 11.5. The molecule has 1 amide bonds. The summed E-state index contributed by atoms with van der Waals surface area (Å²) in [6.07, 6.45) is 2.93. The van der Waals surface area contributed by atoms with E-state index in [1.807, 2.05) is 32.9 Å². The number of pyridine rings is 1. The van der Waals surface area contributed by atoms with Crippen molar-refractivity contribution in [2.45, 2.75) is 32.9 Å². The van der Waals surface area contributed by atoms with Crippen LogP contribution in [0.15, 0.2) is 24.5 Å². The minimum atomic E-state index is -0.403. The van der Waals surface area contributed by atoms with Crippen LogP contribution < -0.4 is 5.32 Å². The van der Waals surface area contributed by atoms with Gasteiger partial charge in [0, 0.05) is 17.9 Å². The van der Waals surface area contributed by atoms with Crippen molar-refractivity contribution in [1.29, 1.82) is 0 Å². The molecule has 0 saturated carbocycles. The minimum Gasteiger partial charge on any atom is -0.445 e. The molecule has 0 bridgehead atoms. The summed E-state index contributed by atoms with van der Waals surface area (Å²) in [6.45, 7) is 5.98. The van der Waals surface area contributed by atoms with Gasteiger partial charge in [0.15, 0.2) is 0 Å². The zero-order valence-electron chi connectivity index (χ0n) is 9.28. The van der Waals surface area contributed by atoms with E-state index in [1.165, 1.54) is 0 Å². The maximum absolute atomic E-state index is 11.3. The third kappa shape index (κ3) is 5.00. The van der Waals surface area contributed by atoms with Gasteiger partial charge in [-0.3, -0.25) is 4.98 Å². The lowest BCUT2D eigenvalue weighted by Crippen LogP contribution is -2.40. The van der Waals surface area contributed by atoms with Gasteiger partial charge in [-0.25, -0.2) is 4.79 Å². The molecule has 0 fully saturated rings. The molecule has 1 aromatic heterocycles. The van der Waals surface area contributed by atoms with Gasteiger partial charge >= 0.3 is 6.09 Å². The molecule has 0 aliphatic rings. The van der Waals surface area contributed by atoms with Crippen LogP contribution in [0, 0.1) is 0 Å². The third-order valence-corrected chi connectivity index (χ3v) is 1.60. The van der Waals surface area contributed by atoms with Gasteiger partial charge in [0.2, 0.25) is 0 Å². The van der Waals surface area contributed by atoms with E-state index in [0.717, 1.165) is 5.56 Å². The van der Waals surface area contributed by atoms with Gasteiger partial charge in [0.1, 0.15) is 6.61 Å². The highest BCUT2D eigenvalue weighted by Crippen LogP contribution is 2.02. The summed E-state index contributed by atoms with van der Waals surface area (Å²) >= 11 is 0. The molecule has 0 aliphatic heterocycles. The average Bonchev–Trinajstić information content (AvgIpc) is 2.14. The van der Waals surface area contributed by atoms with E-state index in [-0.39, 0.29) is 12.1 Å². The maximum Gasteiger partial charge on any atom is 0.407 e. The highest BCUT2D eigenvalue weighted by atomic mass is 16.5. The van der Waals surface area contributed by atoms with E-state index in [2.05, 4.69) is 10.3 Å². The second-order valence-electron chi connectivity index (χ2n) is 4.31. The predicted octanol–water partition coefficient (Wildman–Crippen LogP) is 2.11. The van der Waals surface area contributed by atoms with Crippen molar-refractivity contribution in [3.05, 3.63) is 30.1 Å². The number of hydrogen-bond donors (Lipinski definition) is 1. The molecule has 1 N–H and O–H groups in total. The Hall–Kier alpha value is -1.58. The van der Waals surface area contributed by atoms with Crippen LogP contribution in [0.25, 0.3) is 0 Å². The van der Waals surface area contributed by atoms with E-state index in [0.29, 0.717) is 0 Å². The fourth-order valence-electron chi connectivity index (χ4n) is 0.970. The highest BCUT2D eigenvalue weighted by Gasteiger charge is 2.14. The Labute approximate surface area is 89.7 Å². The van der Waals surface area contributed by atoms with Crippen molar-refractivity contribution in [2.75, 3.05) is 0 Å². The number of carbonyl (C=O) groups is 1. The Kier molecular flexibility index (Phi) is 3.66. The Morgan fingerprint density at radius 1 is 1.40 bits per heavy atom. The number of hydrogen-bond acceptors (Lipinski definition) is 3. The molecule has 15 heavy (non-hydrogen) atoms. The van der Waals surface area contributed by atoms with Crippen LogP contribution in [0.3, 0.4) is 0 Å². The zero-order chi connectivity index (χ0) is 11.3. The smallest absolute Gasteiger partial charge is 0.407 e. The Balaban J connectivity index is 2.35. The number of aromatic nitrogens is 1. The summed E-state index contributed by atoms with van der Waals surface area (Å²) in [5.74, 6) is 0. The number of carbonyl (C=O) groups excluding carboxylic acids is 1. The molecule has 0 aromatic carbocycles. The van der Waals surface area contributed by atoms with E-state index in [9.17, 15) is 4.79 Å². The van der Waals surface area contributed by atoms with Gasteiger partial charge in [-0.1, -0.05) is 0 Å². The van der Waals surface area contributed by atoms with Crippen molar-refractivity contribution < 1.29 is 9.53 Å². The topological polar surface area (TPSA) is 51.2 Å². The normalized spacial score (nSPS) is 10.9. The highest BCUT2D eigenvalue weighted by molar-refractivity contribution is 5.68. The van der Waals surface area contributed by atoms with Crippen molar-refractivity contribution in [3.8, 4) is 0 Å². The summed E-state index contributed by atoms with van der Waals surface area (Å²) < 4.78 is 5.03. The van der Waals surface area contributed by atoms with Crippen LogP contribution >= 0.6 is 0 Å². The van der Waals surface area contributed by atoms with Gasteiger partial charge in [-0.15, -0.1) is 0 Å². The van der Waals surface area contributed by atoms with Crippen molar-refractivity contribution in [3.63, 3.8) is 0 Å². The molecule has 1 rings (SSSR count). The molecular formula is C11H16N2O2. The van der Waals surface area contributed by atoms with Crippen molar-refractivity contribution >= 4 is 6.09 Å². The molecule has 1 aromatic rings. The lowest BCUT2D eigenvalue weighted by Gasteiger charge is -2.19. The number of alkyl carbamates (subject to hydrolysis) is 1. The lowest BCUT2D eigenvalue weighted by atomic mass is 10.1.